The second-order valence-electron chi connectivity index (χ2n) is 6.97. The smallest absolute Gasteiger partial charge is 0.163 e. The maximum atomic E-state index is 11.6. The van der Waals surface area contributed by atoms with Crippen molar-refractivity contribution in [3.63, 3.8) is 0 Å². The molecule has 1 N–H and O–H groups in total. The molecule has 0 amide bonds. The lowest BCUT2D eigenvalue weighted by Crippen LogP contribution is -2.07. The number of phenolic OH excluding ortho intramolecular Hbond substituents is 1. The summed E-state index contributed by atoms with van der Waals surface area (Å²) in [5, 5.41) is 10.4. The molecule has 29 heavy (non-hydrogen) atoms. The highest BCUT2D eigenvalue weighted by Crippen LogP contribution is 2.33. The summed E-state index contributed by atoms with van der Waals surface area (Å²) in [6.07, 6.45) is 4.34. The third-order valence-electron chi connectivity index (χ3n) is 4.51. The molecule has 2 aromatic carbocycles. The highest BCUT2D eigenvalue weighted by molar-refractivity contribution is 5.97. The molecule has 0 aliphatic carbocycles. The Labute approximate surface area is 173 Å². The summed E-state index contributed by atoms with van der Waals surface area (Å²) < 4.78 is 17.3. The van der Waals surface area contributed by atoms with Crippen LogP contribution in [0.25, 0.3) is 0 Å². The molecule has 0 heterocycles. The number of ether oxygens (including phenoxy) is 3. The molecular formula is C24H32O5. The number of benzene rings is 2. The van der Waals surface area contributed by atoms with Crippen molar-refractivity contribution >= 4 is 5.78 Å². The van der Waals surface area contributed by atoms with Gasteiger partial charge in [-0.25, -0.2) is 0 Å². The van der Waals surface area contributed by atoms with E-state index in [4.69, 9.17) is 14.2 Å². The van der Waals surface area contributed by atoms with Gasteiger partial charge < -0.3 is 19.3 Å². The van der Waals surface area contributed by atoms with Crippen LogP contribution in [0.2, 0.25) is 0 Å². The fourth-order valence-electron chi connectivity index (χ4n) is 2.95. The quantitative estimate of drug-likeness (QED) is 0.351. The zero-order valence-corrected chi connectivity index (χ0v) is 17.7. The van der Waals surface area contributed by atoms with Gasteiger partial charge in [0, 0.05) is 18.1 Å². The molecule has 0 spiro atoms. The Bertz CT molecular complexity index is 785. The molecular weight excluding hydrogens is 368 g/mol. The van der Waals surface area contributed by atoms with Gasteiger partial charge in [0.25, 0.3) is 0 Å². The van der Waals surface area contributed by atoms with E-state index in [1.807, 2.05) is 31.2 Å². The van der Waals surface area contributed by atoms with Crippen LogP contribution in [0.5, 0.6) is 23.0 Å². The number of hydrogen-bond donors (Lipinski definition) is 1. The van der Waals surface area contributed by atoms with Crippen LogP contribution in [0.1, 0.15) is 62.4 Å². The highest BCUT2D eigenvalue weighted by atomic mass is 16.5. The van der Waals surface area contributed by atoms with Crippen molar-refractivity contribution in [3.8, 4) is 23.0 Å². The largest absolute Gasteiger partial charge is 0.507 e. The van der Waals surface area contributed by atoms with Gasteiger partial charge in [-0.05, 0) is 44.0 Å². The van der Waals surface area contributed by atoms with Gasteiger partial charge in [0.05, 0.1) is 25.4 Å². The number of rotatable bonds is 13. The number of Topliss-reactive ketones (excluding diaryl/α,β-unsaturated/α-hetero) is 1. The number of carbonyl (C=O) groups excluding carboxylic acids is 1. The molecule has 0 aliphatic rings. The van der Waals surface area contributed by atoms with Gasteiger partial charge in [-0.3, -0.25) is 4.79 Å². The molecule has 0 saturated carbocycles. The second-order valence-corrected chi connectivity index (χ2v) is 6.97. The highest BCUT2D eigenvalue weighted by Gasteiger charge is 2.15. The van der Waals surface area contributed by atoms with Crippen LogP contribution in [-0.2, 0) is 6.42 Å². The van der Waals surface area contributed by atoms with Crippen LogP contribution in [0.4, 0.5) is 0 Å². The van der Waals surface area contributed by atoms with Gasteiger partial charge in [0.1, 0.15) is 23.0 Å². The van der Waals surface area contributed by atoms with Crippen LogP contribution >= 0.6 is 0 Å². The molecule has 2 rings (SSSR count). The second kappa shape index (κ2) is 12.0. The SMILES string of the molecule is CCCCOc1cccc(OCCCOc2ccc(C(C)=O)c(O)c2CCC)c1. The number of phenols is 1. The Balaban J connectivity index is 1.84. The van der Waals surface area contributed by atoms with Gasteiger partial charge in [0.2, 0.25) is 0 Å². The van der Waals surface area contributed by atoms with Gasteiger partial charge in [-0.2, -0.15) is 0 Å². The van der Waals surface area contributed by atoms with Crippen LogP contribution in [-0.4, -0.2) is 30.7 Å². The number of hydrogen-bond acceptors (Lipinski definition) is 5. The fraction of sp³-hybridized carbons (Fsp3) is 0.458. The van der Waals surface area contributed by atoms with Gasteiger partial charge >= 0.3 is 0 Å². The molecule has 2 aromatic rings. The molecule has 5 heteroatoms. The Hall–Kier alpha value is -2.69. The summed E-state index contributed by atoms with van der Waals surface area (Å²) in [7, 11) is 0. The average molecular weight is 401 g/mol. The lowest BCUT2D eigenvalue weighted by atomic mass is 10.0. The minimum absolute atomic E-state index is 0.0352. The lowest BCUT2D eigenvalue weighted by molar-refractivity contribution is 0.101. The van der Waals surface area contributed by atoms with Crippen molar-refractivity contribution in [1.82, 2.24) is 0 Å². The molecule has 0 radical (unpaired) electrons. The maximum Gasteiger partial charge on any atom is 0.163 e. The normalized spacial score (nSPS) is 10.6. The summed E-state index contributed by atoms with van der Waals surface area (Å²) >= 11 is 0. The average Bonchev–Trinajstić information content (AvgIpc) is 2.70. The number of aromatic hydroxyl groups is 1. The summed E-state index contributed by atoms with van der Waals surface area (Å²) in [6.45, 7) is 7.30. The summed E-state index contributed by atoms with van der Waals surface area (Å²) in [5.41, 5.74) is 1.03. The predicted molar refractivity (Wildman–Crippen MR) is 115 cm³/mol. The first-order valence-corrected chi connectivity index (χ1v) is 10.4. The van der Waals surface area contributed by atoms with Crippen LogP contribution < -0.4 is 14.2 Å². The van der Waals surface area contributed by atoms with E-state index in [0.717, 1.165) is 30.8 Å². The number of ketones is 1. The molecule has 0 aromatic heterocycles. The first kappa shape index (κ1) is 22.6. The first-order chi connectivity index (χ1) is 14.1. The molecule has 158 valence electrons. The van der Waals surface area contributed by atoms with Crippen molar-refractivity contribution in [2.45, 2.75) is 52.9 Å². The van der Waals surface area contributed by atoms with E-state index in [1.54, 1.807) is 12.1 Å². The topological polar surface area (TPSA) is 65.0 Å². The molecule has 0 fully saturated rings. The Morgan fingerprint density at radius 3 is 2.17 bits per heavy atom. The van der Waals surface area contributed by atoms with E-state index in [2.05, 4.69) is 6.92 Å². The molecule has 0 aliphatic heterocycles. The van der Waals surface area contributed by atoms with Gasteiger partial charge in [0.15, 0.2) is 5.78 Å². The van der Waals surface area contributed by atoms with Gasteiger partial charge in [-0.1, -0.05) is 32.8 Å². The van der Waals surface area contributed by atoms with E-state index < -0.39 is 0 Å². The summed E-state index contributed by atoms with van der Waals surface area (Å²) in [5.74, 6) is 2.10. The maximum absolute atomic E-state index is 11.6. The summed E-state index contributed by atoms with van der Waals surface area (Å²) in [4.78, 5) is 11.6. The minimum Gasteiger partial charge on any atom is -0.507 e. The third kappa shape index (κ3) is 7.00. The van der Waals surface area contributed by atoms with Crippen molar-refractivity contribution in [2.24, 2.45) is 0 Å². The standard InChI is InChI=1S/C24H32O5/c1-4-6-14-27-19-10-7-11-20(17-19)28-15-8-16-29-23-13-12-21(18(3)25)24(26)22(23)9-5-2/h7,10-13,17,26H,4-6,8-9,14-16H2,1-3H3. The van der Waals surface area contributed by atoms with E-state index in [0.29, 0.717) is 49.5 Å². The predicted octanol–water partition coefficient (Wildman–Crippen LogP) is 5.57. The molecule has 0 saturated heterocycles. The Morgan fingerprint density at radius 1 is 0.897 bits per heavy atom. The molecule has 0 bridgehead atoms. The van der Waals surface area contributed by atoms with Crippen molar-refractivity contribution in [2.75, 3.05) is 19.8 Å². The van der Waals surface area contributed by atoms with Crippen molar-refractivity contribution < 1.29 is 24.1 Å². The third-order valence-corrected chi connectivity index (χ3v) is 4.51. The monoisotopic (exact) mass is 400 g/mol. The minimum atomic E-state index is -0.152. The number of unbranched alkanes of at least 4 members (excludes halogenated alkanes) is 1. The van der Waals surface area contributed by atoms with Crippen LogP contribution in [0.3, 0.4) is 0 Å². The fourth-order valence-corrected chi connectivity index (χ4v) is 2.95. The van der Waals surface area contributed by atoms with E-state index in [9.17, 15) is 9.90 Å². The Kier molecular flexibility index (Phi) is 9.35. The van der Waals surface area contributed by atoms with Gasteiger partial charge in [-0.15, -0.1) is 0 Å². The Morgan fingerprint density at radius 2 is 1.55 bits per heavy atom. The van der Waals surface area contributed by atoms with Crippen LogP contribution in [0.15, 0.2) is 36.4 Å². The summed E-state index contributed by atoms with van der Waals surface area (Å²) in [6, 6.07) is 11.0. The number of carbonyl (C=O) groups is 1. The molecule has 5 nitrogen and oxygen atoms in total. The zero-order chi connectivity index (χ0) is 21.1. The van der Waals surface area contributed by atoms with Crippen LogP contribution in [0, 0.1) is 0 Å². The van der Waals surface area contributed by atoms with E-state index in [-0.39, 0.29) is 11.5 Å². The lowest BCUT2D eigenvalue weighted by Gasteiger charge is -2.15. The molecule has 0 atom stereocenters. The van der Waals surface area contributed by atoms with E-state index >= 15 is 0 Å². The van der Waals surface area contributed by atoms with Crippen molar-refractivity contribution in [1.29, 1.82) is 0 Å². The van der Waals surface area contributed by atoms with Crippen molar-refractivity contribution in [3.05, 3.63) is 47.5 Å². The zero-order valence-electron chi connectivity index (χ0n) is 17.7. The first-order valence-electron chi connectivity index (χ1n) is 10.4. The molecule has 0 unspecified atom stereocenters. The van der Waals surface area contributed by atoms with E-state index in [1.165, 1.54) is 6.92 Å².